The maximum Gasteiger partial charge on any atom is 0.0743 e. The molecule has 1 aromatic heterocycles. The zero-order valence-corrected chi connectivity index (χ0v) is 12.5. The SMILES string of the molecule is CCCC(C)(O)CNC(C)c1c(C)nn(C)c1C. The average Bonchev–Trinajstić information content (AvgIpc) is 2.50. The summed E-state index contributed by atoms with van der Waals surface area (Å²) in [5.41, 5.74) is 2.85. The van der Waals surface area contributed by atoms with Crippen LogP contribution >= 0.6 is 0 Å². The van der Waals surface area contributed by atoms with Crippen molar-refractivity contribution in [2.24, 2.45) is 7.05 Å². The van der Waals surface area contributed by atoms with Crippen molar-refractivity contribution in [2.75, 3.05) is 6.54 Å². The van der Waals surface area contributed by atoms with Crippen LogP contribution in [-0.2, 0) is 7.05 Å². The Kier molecular flexibility index (Phi) is 4.93. The molecule has 0 fully saturated rings. The molecule has 0 bridgehead atoms. The molecule has 2 unspecified atom stereocenters. The number of hydrogen-bond donors (Lipinski definition) is 2. The van der Waals surface area contributed by atoms with E-state index in [1.807, 2.05) is 25.6 Å². The van der Waals surface area contributed by atoms with Crippen molar-refractivity contribution in [1.82, 2.24) is 15.1 Å². The first-order valence-corrected chi connectivity index (χ1v) is 6.74. The molecule has 0 spiro atoms. The summed E-state index contributed by atoms with van der Waals surface area (Å²) in [4.78, 5) is 0. The van der Waals surface area contributed by atoms with Gasteiger partial charge in [0.15, 0.2) is 0 Å². The predicted molar refractivity (Wildman–Crippen MR) is 74.6 cm³/mol. The van der Waals surface area contributed by atoms with Crippen LogP contribution in [0.15, 0.2) is 0 Å². The standard InChI is InChI=1S/C14H27N3O/c1-7-8-14(5,18)9-15-10(2)13-11(3)16-17(6)12(13)4/h10,15,18H,7-9H2,1-6H3. The Morgan fingerprint density at radius 1 is 1.44 bits per heavy atom. The summed E-state index contributed by atoms with van der Waals surface area (Å²) in [6, 6.07) is 0.210. The highest BCUT2D eigenvalue weighted by atomic mass is 16.3. The molecule has 18 heavy (non-hydrogen) atoms. The second-order valence-electron chi connectivity index (χ2n) is 5.56. The summed E-state index contributed by atoms with van der Waals surface area (Å²) in [6.45, 7) is 10.8. The highest BCUT2D eigenvalue weighted by Crippen LogP contribution is 2.21. The van der Waals surface area contributed by atoms with Gasteiger partial charge < -0.3 is 10.4 Å². The molecule has 2 atom stereocenters. The van der Waals surface area contributed by atoms with Crippen molar-refractivity contribution >= 4 is 0 Å². The highest BCUT2D eigenvalue weighted by molar-refractivity contribution is 5.27. The minimum absolute atomic E-state index is 0.210. The van der Waals surface area contributed by atoms with E-state index in [0.29, 0.717) is 6.54 Å². The van der Waals surface area contributed by atoms with Crippen LogP contribution in [0.1, 0.15) is 56.6 Å². The van der Waals surface area contributed by atoms with Crippen LogP contribution in [0.2, 0.25) is 0 Å². The van der Waals surface area contributed by atoms with Crippen LogP contribution in [0.3, 0.4) is 0 Å². The smallest absolute Gasteiger partial charge is 0.0743 e. The van der Waals surface area contributed by atoms with E-state index in [2.05, 4.69) is 31.2 Å². The number of aryl methyl sites for hydroxylation is 2. The largest absolute Gasteiger partial charge is 0.389 e. The van der Waals surface area contributed by atoms with Crippen LogP contribution < -0.4 is 5.32 Å². The zero-order valence-electron chi connectivity index (χ0n) is 12.5. The normalized spacial score (nSPS) is 16.6. The van der Waals surface area contributed by atoms with Gasteiger partial charge in [-0.1, -0.05) is 13.3 Å². The molecule has 0 saturated carbocycles. The minimum Gasteiger partial charge on any atom is -0.389 e. The molecule has 1 heterocycles. The maximum absolute atomic E-state index is 10.2. The monoisotopic (exact) mass is 253 g/mol. The second kappa shape index (κ2) is 5.85. The molecule has 0 radical (unpaired) electrons. The Balaban J connectivity index is 2.68. The lowest BCUT2D eigenvalue weighted by Crippen LogP contribution is -2.38. The van der Waals surface area contributed by atoms with Crippen LogP contribution in [0.4, 0.5) is 0 Å². The molecule has 0 aliphatic carbocycles. The van der Waals surface area contributed by atoms with Gasteiger partial charge in [-0.05, 0) is 34.1 Å². The fraction of sp³-hybridized carbons (Fsp3) is 0.786. The van der Waals surface area contributed by atoms with E-state index in [1.54, 1.807) is 0 Å². The molecule has 1 aromatic rings. The number of aromatic nitrogens is 2. The van der Waals surface area contributed by atoms with Crippen LogP contribution in [0.5, 0.6) is 0 Å². The van der Waals surface area contributed by atoms with E-state index in [1.165, 1.54) is 11.3 Å². The third-order valence-corrected chi connectivity index (χ3v) is 3.58. The average molecular weight is 253 g/mol. The first-order valence-electron chi connectivity index (χ1n) is 6.74. The van der Waals surface area contributed by atoms with E-state index in [0.717, 1.165) is 18.5 Å². The van der Waals surface area contributed by atoms with Crippen molar-refractivity contribution in [2.45, 2.75) is 59.1 Å². The van der Waals surface area contributed by atoms with Crippen molar-refractivity contribution < 1.29 is 5.11 Å². The maximum atomic E-state index is 10.2. The Labute approximate surface area is 110 Å². The summed E-state index contributed by atoms with van der Waals surface area (Å²) in [6.07, 6.45) is 1.81. The van der Waals surface area contributed by atoms with Gasteiger partial charge in [-0.15, -0.1) is 0 Å². The number of rotatable bonds is 6. The predicted octanol–water partition coefficient (Wildman–Crippen LogP) is 2.24. The molecule has 0 saturated heterocycles. The molecule has 2 N–H and O–H groups in total. The lowest BCUT2D eigenvalue weighted by atomic mass is 9.99. The quantitative estimate of drug-likeness (QED) is 0.817. The van der Waals surface area contributed by atoms with E-state index in [9.17, 15) is 5.11 Å². The van der Waals surface area contributed by atoms with Gasteiger partial charge >= 0.3 is 0 Å². The third kappa shape index (κ3) is 3.56. The Bertz CT molecular complexity index is 396. The van der Waals surface area contributed by atoms with Gasteiger partial charge in [0.1, 0.15) is 0 Å². The van der Waals surface area contributed by atoms with Gasteiger partial charge in [-0.25, -0.2) is 0 Å². The molecular formula is C14H27N3O. The van der Waals surface area contributed by atoms with E-state index < -0.39 is 5.60 Å². The minimum atomic E-state index is -0.632. The van der Waals surface area contributed by atoms with Crippen molar-refractivity contribution in [3.05, 3.63) is 17.0 Å². The summed E-state index contributed by atoms with van der Waals surface area (Å²) in [7, 11) is 1.96. The first kappa shape index (κ1) is 15.2. The Morgan fingerprint density at radius 3 is 2.50 bits per heavy atom. The Morgan fingerprint density at radius 2 is 2.06 bits per heavy atom. The molecule has 4 heteroatoms. The van der Waals surface area contributed by atoms with E-state index in [-0.39, 0.29) is 6.04 Å². The van der Waals surface area contributed by atoms with Gasteiger partial charge in [0.25, 0.3) is 0 Å². The van der Waals surface area contributed by atoms with Crippen molar-refractivity contribution in [1.29, 1.82) is 0 Å². The lowest BCUT2D eigenvalue weighted by molar-refractivity contribution is 0.0476. The van der Waals surface area contributed by atoms with E-state index >= 15 is 0 Å². The van der Waals surface area contributed by atoms with Gasteiger partial charge in [0.05, 0.1) is 11.3 Å². The summed E-state index contributed by atoms with van der Waals surface area (Å²) < 4.78 is 1.91. The number of nitrogens with one attached hydrogen (secondary N) is 1. The highest BCUT2D eigenvalue weighted by Gasteiger charge is 2.22. The van der Waals surface area contributed by atoms with Gasteiger partial charge in [-0.2, -0.15) is 5.10 Å². The second-order valence-corrected chi connectivity index (χ2v) is 5.56. The summed E-state index contributed by atoms with van der Waals surface area (Å²) in [5, 5.41) is 18.0. The molecule has 1 rings (SSSR count). The van der Waals surface area contributed by atoms with Gasteiger partial charge in [0.2, 0.25) is 0 Å². The molecule has 0 amide bonds. The molecule has 0 aliphatic heterocycles. The summed E-state index contributed by atoms with van der Waals surface area (Å²) >= 11 is 0. The van der Waals surface area contributed by atoms with Crippen LogP contribution in [-0.4, -0.2) is 27.0 Å². The molecule has 4 nitrogen and oxygen atoms in total. The Hall–Kier alpha value is -0.870. The number of aliphatic hydroxyl groups is 1. The van der Waals surface area contributed by atoms with Gasteiger partial charge in [-0.3, -0.25) is 4.68 Å². The summed E-state index contributed by atoms with van der Waals surface area (Å²) in [5.74, 6) is 0. The van der Waals surface area contributed by atoms with E-state index in [4.69, 9.17) is 0 Å². The molecule has 0 aliphatic rings. The fourth-order valence-corrected chi connectivity index (χ4v) is 2.52. The van der Waals surface area contributed by atoms with Crippen molar-refractivity contribution in [3.8, 4) is 0 Å². The van der Waals surface area contributed by atoms with Crippen LogP contribution in [0.25, 0.3) is 0 Å². The molecular weight excluding hydrogens is 226 g/mol. The topological polar surface area (TPSA) is 50.1 Å². The number of nitrogens with zero attached hydrogens (tertiary/aromatic N) is 2. The van der Waals surface area contributed by atoms with Crippen LogP contribution in [0, 0.1) is 13.8 Å². The molecule has 104 valence electrons. The lowest BCUT2D eigenvalue weighted by Gasteiger charge is -2.25. The first-order chi connectivity index (χ1) is 8.28. The zero-order chi connectivity index (χ0) is 13.9. The third-order valence-electron chi connectivity index (χ3n) is 3.58. The fourth-order valence-electron chi connectivity index (χ4n) is 2.52. The number of hydrogen-bond acceptors (Lipinski definition) is 3. The van der Waals surface area contributed by atoms with Crippen molar-refractivity contribution in [3.63, 3.8) is 0 Å². The van der Waals surface area contributed by atoms with Gasteiger partial charge in [0, 0.05) is 30.9 Å². The molecule has 0 aromatic carbocycles.